The first-order valence-corrected chi connectivity index (χ1v) is 19.8. The Balaban J connectivity index is 0.0000112. The topological polar surface area (TPSA) is 232 Å². The zero-order chi connectivity index (χ0) is 42.7. The number of nitrogens with zero attached hydrogens (tertiary/aromatic N) is 4. The van der Waals surface area contributed by atoms with E-state index < -0.39 is 101 Å². The minimum Gasteiger partial charge on any atom is -0.459 e. The van der Waals surface area contributed by atoms with Gasteiger partial charge in [-0.3, -0.25) is 9.59 Å². The van der Waals surface area contributed by atoms with Gasteiger partial charge in [0.05, 0.1) is 48.6 Å². The number of rotatable bonds is 10. The molecule has 1 radical (unpaired) electrons. The van der Waals surface area contributed by atoms with Crippen LogP contribution >= 0.6 is 0 Å². The average molecular weight is 1030 g/mol. The van der Waals surface area contributed by atoms with Crippen LogP contribution in [0.2, 0.25) is 0 Å². The van der Waals surface area contributed by atoms with Crippen molar-refractivity contribution in [3.05, 3.63) is 10.4 Å². The molecular formula is C39H70AcN4O13. The van der Waals surface area contributed by atoms with Gasteiger partial charge in [0.15, 0.2) is 12.6 Å². The second-order valence-electron chi connectivity index (χ2n) is 17.4. The van der Waals surface area contributed by atoms with Gasteiger partial charge < -0.3 is 58.5 Å². The summed E-state index contributed by atoms with van der Waals surface area (Å²) in [5.41, 5.74) is 2.65. The SMILES string of the molecule is CC[C@H]1OC(=O)C(C)C(OC2CC(C)(OC)C(O)(CN=[N+]=[N-])C(C)O2)C(C)C(OC2OC(C)CC(N(C)C)C2O)C(C)(OC)CC(C)C(=O)C(C)C(O)C1(C)O.[Ac]. The summed E-state index contributed by atoms with van der Waals surface area (Å²) >= 11 is 0. The van der Waals surface area contributed by atoms with Gasteiger partial charge in [-0.2, -0.15) is 0 Å². The van der Waals surface area contributed by atoms with Gasteiger partial charge in [0.2, 0.25) is 0 Å². The van der Waals surface area contributed by atoms with Crippen molar-refractivity contribution in [2.45, 2.75) is 179 Å². The minimum absolute atomic E-state index is 0. The summed E-state index contributed by atoms with van der Waals surface area (Å²) < 4.78 is 44.2. The van der Waals surface area contributed by atoms with Crippen molar-refractivity contribution < 1.29 is 107 Å². The zero-order valence-corrected chi connectivity index (χ0v) is 41.2. The fourth-order valence-corrected chi connectivity index (χ4v) is 9.08. The van der Waals surface area contributed by atoms with Crippen molar-refractivity contribution in [3.63, 3.8) is 0 Å². The van der Waals surface area contributed by atoms with Gasteiger partial charge in [0, 0.05) is 93.4 Å². The second-order valence-corrected chi connectivity index (χ2v) is 17.4. The molecule has 4 N–H and O–H groups in total. The van der Waals surface area contributed by atoms with E-state index in [2.05, 4.69) is 10.0 Å². The number of aliphatic hydroxyl groups excluding tert-OH is 2. The van der Waals surface area contributed by atoms with E-state index in [1.165, 1.54) is 28.1 Å². The maximum atomic E-state index is 14.3. The molecule has 3 rings (SSSR count). The van der Waals surface area contributed by atoms with Gasteiger partial charge in [-0.05, 0) is 80.4 Å². The molecule has 3 heterocycles. The molecule has 3 fully saturated rings. The summed E-state index contributed by atoms with van der Waals surface area (Å²) in [6.45, 7) is 16.3. The minimum atomic E-state index is -2.01. The fraction of sp³-hybridized carbons (Fsp3) is 0.949. The van der Waals surface area contributed by atoms with Crippen molar-refractivity contribution in [1.29, 1.82) is 0 Å². The number of carbonyl (C=O) groups is 2. The van der Waals surface area contributed by atoms with E-state index in [0.29, 0.717) is 6.42 Å². The van der Waals surface area contributed by atoms with Crippen LogP contribution in [0.1, 0.15) is 94.9 Å². The Morgan fingerprint density at radius 1 is 0.947 bits per heavy atom. The standard InChI is InChI=1S/C39H70N4O13.Ac/c1-15-27-38(10,48)32(46)22(4)29(44)20(2)17-36(8,50-13)33(56-35-30(45)26(43(11)12)16-21(3)52-35)23(5)31(24(6)34(47)54-27)55-28-18-37(9,51-14)39(49,19-41-42-40)25(7)53-28;/h20-28,30-33,35,45-46,48-49H,15-19H2,1-14H3;/t20?,21?,22?,23?,24?,25?,26?,27-,28?,30?,31?,32?,33?,35?,36?,37?,38?,39?;/m1./s1. The quantitative estimate of drug-likeness (QED) is 0.107. The van der Waals surface area contributed by atoms with Gasteiger partial charge in [-0.1, -0.05) is 32.8 Å². The Hall–Kier alpha value is -0.548. The molecule has 17 unspecified atom stereocenters. The number of cyclic esters (lactones) is 1. The molecule has 18 heteroatoms. The summed E-state index contributed by atoms with van der Waals surface area (Å²) in [7, 11) is 6.62. The number of hydrogen-bond acceptors (Lipinski definition) is 15. The van der Waals surface area contributed by atoms with Crippen LogP contribution in [0.3, 0.4) is 0 Å². The summed E-state index contributed by atoms with van der Waals surface area (Å²) in [6, 6.07) is -0.318. The third-order valence-electron chi connectivity index (χ3n) is 13.1. The van der Waals surface area contributed by atoms with Gasteiger partial charge >= 0.3 is 5.97 Å². The van der Waals surface area contributed by atoms with Crippen LogP contribution in [0, 0.1) is 67.7 Å². The van der Waals surface area contributed by atoms with Crippen LogP contribution in [0.25, 0.3) is 10.4 Å². The van der Waals surface area contributed by atoms with Gasteiger partial charge in [0.1, 0.15) is 34.8 Å². The molecule has 57 heavy (non-hydrogen) atoms. The van der Waals surface area contributed by atoms with Gasteiger partial charge in [0.25, 0.3) is 0 Å². The van der Waals surface area contributed by atoms with Gasteiger partial charge in [-0.15, -0.1) is 0 Å². The van der Waals surface area contributed by atoms with Crippen molar-refractivity contribution >= 4 is 11.8 Å². The molecule has 0 aromatic heterocycles. The first-order valence-electron chi connectivity index (χ1n) is 19.8. The Labute approximate surface area is 374 Å². The normalized spacial score (nSPS) is 46.6. The average Bonchev–Trinajstić information content (AvgIpc) is 3.14. The van der Waals surface area contributed by atoms with Crippen LogP contribution in [0.4, 0.5) is 0 Å². The van der Waals surface area contributed by atoms with E-state index in [1.54, 1.807) is 48.5 Å². The zero-order valence-electron chi connectivity index (χ0n) is 36.4. The maximum absolute atomic E-state index is 14.3. The molecule has 0 aromatic rings. The number of azide groups is 1. The molecule has 17 nitrogen and oxygen atoms in total. The van der Waals surface area contributed by atoms with Crippen molar-refractivity contribution in [1.82, 2.24) is 4.90 Å². The molecule has 0 amide bonds. The fourth-order valence-electron chi connectivity index (χ4n) is 9.08. The number of Topliss-reactive ketones (excluding diaryl/α,β-unsaturated/α-hetero) is 1. The maximum Gasteiger partial charge on any atom is 0.311 e. The number of ether oxygens (including phenoxy) is 7. The number of carbonyl (C=O) groups excluding carboxylic acids is 2. The first kappa shape index (κ1) is 52.6. The molecule has 3 saturated heterocycles. The summed E-state index contributed by atoms with van der Waals surface area (Å²) in [5, 5.41) is 50.2. The predicted octanol–water partition coefficient (Wildman–Crippen LogP) is 3.12. The molecular weight excluding hydrogens is 959 g/mol. The Morgan fingerprint density at radius 3 is 2.09 bits per heavy atom. The van der Waals surface area contributed by atoms with Crippen LogP contribution in [0.5, 0.6) is 0 Å². The third kappa shape index (κ3) is 11.1. The van der Waals surface area contributed by atoms with E-state index in [0.717, 1.165) is 0 Å². The number of likely N-dealkylation sites (N-methyl/N-ethyl adjacent to an activating group) is 1. The van der Waals surface area contributed by atoms with E-state index in [-0.39, 0.29) is 87.8 Å². The molecule has 327 valence electrons. The Bertz CT molecular complexity index is 1390. The van der Waals surface area contributed by atoms with E-state index in [1.807, 2.05) is 25.9 Å². The summed E-state index contributed by atoms with van der Waals surface area (Å²) in [4.78, 5) is 33.1. The molecule has 0 saturated carbocycles. The van der Waals surface area contributed by atoms with Crippen molar-refractivity contribution in [2.75, 3.05) is 34.9 Å². The molecule has 0 spiro atoms. The van der Waals surface area contributed by atoms with Crippen LogP contribution in [-0.4, -0.2) is 156 Å². The van der Waals surface area contributed by atoms with E-state index in [9.17, 15) is 30.0 Å². The van der Waals surface area contributed by atoms with E-state index in [4.69, 9.17) is 38.7 Å². The molecule has 3 aliphatic rings. The monoisotopic (exact) mass is 1030 g/mol. The van der Waals surface area contributed by atoms with Crippen molar-refractivity contribution in [2.24, 2.45) is 28.8 Å². The molecule has 18 atom stereocenters. The predicted molar refractivity (Wildman–Crippen MR) is 204 cm³/mol. The first-order chi connectivity index (χ1) is 25.9. The smallest absolute Gasteiger partial charge is 0.311 e. The van der Waals surface area contributed by atoms with Crippen LogP contribution < -0.4 is 0 Å². The number of ketones is 1. The summed E-state index contributed by atoms with van der Waals surface area (Å²) in [6.07, 6.45) is -8.88. The molecule has 3 aliphatic heterocycles. The van der Waals surface area contributed by atoms with Gasteiger partial charge in [-0.25, -0.2) is 0 Å². The van der Waals surface area contributed by atoms with Crippen LogP contribution in [0.15, 0.2) is 5.11 Å². The second kappa shape index (κ2) is 21.0. The number of aliphatic hydroxyl groups is 4. The number of methoxy groups -OCH3 is 2. The Morgan fingerprint density at radius 2 is 1.56 bits per heavy atom. The van der Waals surface area contributed by atoms with E-state index >= 15 is 0 Å². The van der Waals surface area contributed by atoms with Crippen molar-refractivity contribution in [3.8, 4) is 0 Å². The number of hydrogen-bond donors (Lipinski definition) is 4. The molecule has 0 aliphatic carbocycles. The summed E-state index contributed by atoms with van der Waals surface area (Å²) in [5.74, 6) is -4.77. The Kier molecular flexibility index (Phi) is 19.4. The molecule has 0 aromatic carbocycles. The number of esters is 1. The third-order valence-corrected chi connectivity index (χ3v) is 13.1. The van der Waals surface area contributed by atoms with Crippen LogP contribution in [-0.2, 0) is 42.7 Å². The largest absolute Gasteiger partial charge is 0.459 e. The molecule has 0 bridgehead atoms.